The smallest absolute Gasteiger partial charge is 0.409 e. The van der Waals surface area contributed by atoms with Crippen LogP contribution < -0.4 is 19.9 Å². The van der Waals surface area contributed by atoms with Gasteiger partial charge in [-0.3, -0.25) is 24.5 Å². The molecule has 6 fully saturated rings. The Kier molecular flexibility index (Phi) is 13.6. The molecule has 79 heavy (non-hydrogen) atoms. The summed E-state index contributed by atoms with van der Waals surface area (Å²) in [6, 6.07) is 15.3. The number of aryl methyl sites for hydroxylation is 2. The lowest BCUT2D eigenvalue weighted by atomic mass is 9.81. The lowest BCUT2D eigenvalue weighted by Crippen LogP contribution is -2.48. The molecule has 13 rings (SSSR count). The van der Waals surface area contributed by atoms with Gasteiger partial charge in [0.15, 0.2) is 5.82 Å². The van der Waals surface area contributed by atoms with Crippen molar-refractivity contribution in [3.8, 4) is 29.6 Å². The van der Waals surface area contributed by atoms with Crippen molar-refractivity contribution in [1.82, 2.24) is 39.8 Å². The fourth-order valence-corrected chi connectivity index (χ4v) is 14.8. The van der Waals surface area contributed by atoms with Crippen LogP contribution in [0.5, 0.6) is 6.01 Å². The van der Waals surface area contributed by atoms with Crippen LogP contribution in [0.25, 0.3) is 43.8 Å². The number of carbonyl (C=O) groups is 3. The van der Waals surface area contributed by atoms with E-state index in [2.05, 4.69) is 51.1 Å². The number of amides is 3. The van der Waals surface area contributed by atoms with E-state index in [0.717, 1.165) is 106 Å². The van der Waals surface area contributed by atoms with Gasteiger partial charge >= 0.3 is 12.1 Å². The summed E-state index contributed by atoms with van der Waals surface area (Å²) in [4.78, 5) is 62.2. The zero-order valence-corrected chi connectivity index (χ0v) is 45.2. The zero-order chi connectivity index (χ0) is 54.1. The Morgan fingerprint density at radius 1 is 0.911 bits per heavy atom. The molecule has 3 amide bonds. The number of aromatic nitrogens is 5. The largest absolute Gasteiger partial charge is 0.461 e. The molecule has 1 N–H and O–H groups in total. The molecule has 3 aromatic heterocycles. The summed E-state index contributed by atoms with van der Waals surface area (Å²) >= 11 is 0. The molecular formula is C61H68F2N10O6. The number of nitrogens with one attached hydrogen (secondary N) is 1. The van der Waals surface area contributed by atoms with Gasteiger partial charge in [-0.1, -0.05) is 30.2 Å². The predicted molar refractivity (Wildman–Crippen MR) is 296 cm³/mol. The Morgan fingerprint density at radius 2 is 1.77 bits per heavy atom. The average molecular weight is 1080 g/mol. The molecule has 0 bridgehead atoms. The Balaban J connectivity index is 0.638. The number of rotatable bonds is 10. The molecule has 3 aromatic carbocycles. The number of carbonyl (C=O) groups excluding carboxylic acids is 3. The summed E-state index contributed by atoms with van der Waals surface area (Å²) in [5, 5.41) is 9.85. The summed E-state index contributed by atoms with van der Waals surface area (Å²) in [7, 11) is 1.92. The van der Waals surface area contributed by atoms with Crippen molar-refractivity contribution >= 4 is 62.0 Å². The van der Waals surface area contributed by atoms with E-state index in [1.165, 1.54) is 6.07 Å². The third-order valence-corrected chi connectivity index (χ3v) is 18.8. The molecule has 0 radical (unpaired) electrons. The van der Waals surface area contributed by atoms with Crippen LogP contribution in [0.4, 0.5) is 25.1 Å². The lowest BCUT2D eigenvalue weighted by Gasteiger charge is -2.41. The number of benzene rings is 3. The van der Waals surface area contributed by atoms with Gasteiger partial charge in [0, 0.05) is 80.4 Å². The third-order valence-electron chi connectivity index (χ3n) is 18.8. The summed E-state index contributed by atoms with van der Waals surface area (Å²) < 4.78 is 53.4. The number of likely N-dealkylation sites (tertiary alicyclic amines) is 1. The van der Waals surface area contributed by atoms with E-state index in [9.17, 15) is 14.4 Å². The fraction of sp³-hybridized carbons (Fsp3) is 0.525. The molecule has 412 valence electrons. The van der Waals surface area contributed by atoms with Crippen LogP contribution in [-0.4, -0.2) is 135 Å². The molecule has 18 heteroatoms. The van der Waals surface area contributed by atoms with Crippen LogP contribution in [0.1, 0.15) is 113 Å². The van der Waals surface area contributed by atoms with Crippen LogP contribution in [0.15, 0.2) is 48.5 Å². The number of hydrogen-bond acceptors (Lipinski definition) is 13. The van der Waals surface area contributed by atoms with Crippen LogP contribution in [-0.2, 0) is 32.5 Å². The first-order chi connectivity index (χ1) is 38.4. The molecule has 6 atom stereocenters. The van der Waals surface area contributed by atoms with Gasteiger partial charge in [0.2, 0.25) is 11.8 Å². The lowest BCUT2D eigenvalue weighted by molar-refractivity contribution is -0.134. The molecule has 0 aliphatic carbocycles. The first kappa shape index (κ1) is 51.5. The normalized spacial score (nSPS) is 25.8. The van der Waals surface area contributed by atoms with Crippen LogP contribution in [0, 0.1) is 35.8 Å². The van der Waals surface area contributed by atoms with Crippen molar-refractivity contribution in [2.45, 2.75) is 126 Å². The number of imide groups is 1. The number of fused-ring (bicyclic) bond motifs is 5. The predicted octanol–water partition coefficient (Wildman–Crippen LogP) is 8.97. The number of piperidine rings is 3. The molecule has 10 heterocycles. The minimum atomic E-state index is -0.640. The van der Waals surface area contributed by atoms with Gasteiger partial charge in [0.25, 0.3) is 0 Å². The number of ether oxygens (including phenoxy) is 3. The van der Waals surface area contributed by atoms with E-state index in [1.54, 1.807) is 18.2 Å². The number of halogens is 2. The second kappa shape index (κ2) is 20.9. The fourth-order valence-electron chi connectivity index (χ4n) is 14.8. The molecular weight excluding hydrogens is 1010 g/mol. The molecule has 1 unspecified atom stereocenters. The van der Waals surface area contributed by atoms with Gasteiger partial charge in [-0.05, 0) is 138 Å². The van der Waals surface area contributed by atoms with E-state index in [1.807, 2.05) is 22.7 Å². The Hall–Kier alpha value is -6.97. The monoisotopic (exact) mass is 1070 g/mol. The van der Waals surface area contributed by atoms with E-state index < -0.39 is 17.6 Å². The minimum Gasteiger partial charge on any atom is -0.461 e. The number of hydrogen-bond donors (Lipinski definition) is 1. The van der Waals surface area contributed by atoms with E-state index in [0.29, 0.717) is 116 Å². The maximum Gasteiger partial charge on any atom is 0.409 e. The minimum absolute atomic E-state index is 0.00376. The van der Waals surface area contributed by atoms with E-state index >= 15 is 8.78 Å². The standard InChI is InChI=1S/C61H68F2N10O6/c1-4-43-47(62)15-10-39-8-5-9-45(51(39)43)55-53(63)56-52-48(64-55)16-12-41-33-77-29-7-24-72(41)57(52)67-59(66-56)79-35-61-22-6-25-73(61)42(18-23-61)34-78-60(76)70-26-19-37(20-27-70)31-38-21-28-71(36(2)30-38)40-11-13-44-49(32-40)69(3)68-54(44)46-14-17-50(74)65-58(46)75/h1,5,8-11,13,15,32,36-38,41-42,46H,6-7,12,14,16-31,33-35H2,2-3H3,(H,65,74,75)/t36-,38-,41-,42-,46?,61-/m0/s1. The topological polar surface area (TPSA) is 160 Å². The average Bonchev–Trinajstić information content (AvgIpc) is 4.27. The molecule has 6 saturated heterocycles. The summed E-state index contributed by atoms with van der Waals surface area (Å²) in [6.07, 6.45) is 17.4. The van der Waals surface area contributed by atoms with Crippen molar-refractivity contribution in [1.29, 1.82) is 0 Å². The first-order valence-electron chi connectivity index (χ1n) is 28.7. The second-order valence-electron chi connectivity index (χ2n) is 23.5. The van der Waals surface area contributed by atoms with Crippen LogP contribution in [0.3, 0.4) is 0 Å². The van der Waals surface area contributed by atoms with Gasteiger partial charge in [0.05, 0.1) is 52.0 Å². The highest BCUT2D eigenvalue weighted by Gasteiger charge is 2.50. The number of pyridine rings is 1. The molecule has 7 aliphatic heterocycles. The van der Waals surface area contributed by atoms with Gasteiger partial charge in [-0.25, -0.2) is 18.6 Å². The molecule has 0 saturated carbocycles. The van der Waals surface area contributed by atoms with Crippen molar-refractivity contribution in [3.63, 3.8) is 0 Å². The van der Waals surface area contributed by atoms with Gasteiger partial charge in [-0.2, -0.15) is 15.1 Å². The van der Waals surface area contributed by atoms with E-state index in [-0.39, 0.29) is 58.3 Å². The van der Waals surface area contributed by atoms with Crippen LogP contribution in [0.2, 0.25) is 0 Å². The number of anilines is 2. The molecule has 0 spiro atoms. The van der Waals surface area contributed by atoms with Crippen molar-refractivity contribution < 1.29 is 37.4 Å². The summed E-state index contributed by atoms with van der Waals surface area (Å²) in [6.45, 7) is 7.95. The number of nitrogens with zero attached hydrogens (tertiary/aromatic N) is 9. The van der Waals surface area contributed by atoms with Gasteiger partial charge < -0.3 is 28.9 Å². The third kappa shape index (κ3) is 9.37. The second-order valence-corrected chi connectivity index (χ2v) is 23.5. The Morgan fingerprint density at radius 3 is 2.61 bits per heavy atom. The zero-order valence-electron chi connectivity index (χ0n) is 45.2. The first-order valence-corrected chi connectivity index (χ1v) is 28.7. The van der Waals surface area contributed by atoms with Gasteiger partial charge in [0.1, 0.15) is 36.1 Å². The van der Waals surface area contributed by atoms with Crippen molar-refractivity contribution in [2.75, 3.05) is 69.0 Å². The highest BCUT2D eigenvalue weighted by atomic mass is 19.1. The highest BCUT2D eigenvalue weighted by molar-refractivity contribution is 6.04. The maximum atomic E-state index is 17.5. The molecule has 6 aromatic rings. The van der Waals surface area contributed by atoms with Crippen molar-refractivity contribution in [3.05, 3.63) is 77.1 Å². The molecule has 7 aliphatic rings. The van der Waals surface area contributed by atoms with Crippen LogP contribution >= 0.6 is 0 Å². The maximum absolute atomic E-state index is 17.5. The SMILES string of the molecule is C#Cc1c(F)ccc2cccc(-c3nc4c5c(nc(OC[C@@]67CCCN6[C@H](COC(=O)N6CCC(C[C@H]8CCN(c9ccc%10c(C%11CCC(=O)NC%11=O)nn(C)c%10c9)[C@@H](C)C8)CC6)CC7)nc5c3F)N3CCCOC[C@@H]3CC4)c12. The van der Waals surface area contributed by atoms with Crippen molar-refractivity contribution in [2.24, 2.45) is 18.9 Å². The van der Waals surface area contributed by atoms with E-state index in [4.69, 9.17) is 40.7 Å². The summed E-state index contributed by atoms with van der Waals surface area (Å²) in [5.41, 5.74) is 3.86. The Labute approximate surface area is 458 Å². The Bertz CT molecular complexity index is 3450. The highest BCUT2D eigenvalue weighted by Crippen LogP contribution is 2.45. The number of terminal acetylenes is 1. The summed E-state index contributed by atoms with van der Waals surface area (Å²) in [5.74, 6) is 2.15. The molecule has 16 nitrogen and oxygen atoms in total. The quantitative estimate of drug-likeness (QED) is 0.102. The van der Waals surface area contributed by atoms with Gasteiger partial charge in [-0.15, -0.1) is 6.42 Å².